The average Bonchev–Trinajstić information content (AvgIpc) is 2.75. The second-order valence-electron chi connectivity index (χ2n) is 6.69. The van der Waals surface area contributed by atoms with Crippen molar-refractivity contribution in [3.05, 3.63) is 0 Å². The van der Waals surface area contributed by atoms with Crippen molar-refractivity contribution in [3.8, 4) is 0 Å². The zero-order valence-corrected chi connectivity index (χ0v) is 12.0. The largest absolute Gasteiger partial charge is 0.306 e. The van der Waals surface area contributed by atoms with Crippen LogP contribution in [-0.2, 0) is 0 Å². The van der Waals surface area contributed by atoms with E-state index in [-0.39, 0.29) is 0 Å². The van der Waals surface area contributed by atoms with Crippen LogP contribution in [0.3, 0.4) is 0 Å². The number of hydrogen-bond donors (Lipinski definition) is 0. The molecule has 2 heterocycles. The fourth-order valence-electron chi connectivity index (χ4n) is 3.62. The van der Waals surface area contributed by atoms with Gasteiger partial charge >= 0.3 is 0 Å². The lowest BCUT2D eigenvalue weighted by atomic mass is 9.92. The van der Waals surface area contributed by atoms with Gasteiger partial charge in [0.05, 0.1) is 6.67 Å². The minimum Gasteiger partial charge on any atom is -0.306 e. The van der Waals surface area contributed by atoms with Crippen LogP contribution in [0.2, 0.25) is 0 Å². The van der Waals surface area contributed by atoms with Gasteiger partial charge in [0, 0.05) is 19.1 Å². The van der Waals surface area contributed by atoms with Gasteiger partial charge in [0.25, 0.3) is 0 Å². The fourth-order valence-corrected chi connectivity index (χ4v) is 3.62. The Balaban J connectivity index is 1.34. The van der Waals surface area contributed by atoms with Crippen LogP contribution in [0, 0.1) is 5.92 Å². The molecule has 0 N–H and O–H groups in total. The Hall–Kier alpha value is -0.120. The van der Waals surface area contributed by atoms with E-state index in [9.17, 15) is 0 Å². The van der Waals surface area contributed by atoms with Gasteiger partial charge in [-0.15, -0.1) is 0 Å². The fraction of sp³-hybridized carbons (Fsp3) is 1.00. The van der Waals surface area contributed by atoms with Gasteiger partial charge in [-0.3, -0.25) is 9.80 Å². The van der Waals surface area contributed by atoms with Crippen molar-refractivity contribution in [2.45, 2.75) is 44.6 Å². The van der Waals surface area contributed by atoms with Crippen LogP contribution < -0.4 is 0 Å². The second-order valence-corrected chi connectivity index (χ2v) is 6.69. The van der Waals surface area contributed by atoms with Crippen LogP contribution in [0.5, 0.6) is 0 Å². The highest BCUT2D eigenvalue weighted by atomic mass is 15.4. The molecule has 3 fully saturated rings. The summed E-state index contributed by atoms with van der Waals surface area (Å²) in [4.78, 5) is 7.89. The van der Waals surface area contributed by atoms with E-state index in [4.69, 9.17) is 0 Å². The third-order valence-electron chi connectivity index (χ3n) is 5.37. The Labute approximate surface area is 112 Å². The lowest BCUT2D eigenvalue weighted by Gasteiger charge is -2.34. The number of nitrogens with zero attached hydrogens (tertiary/aromatic N) is 3. The standard InChI is InChI=1S/C15H29N3/c1-16-8-5-14(6-9-16)7-10-17-11-12-18(13-17)15-3-2-4-15/h14-15H,2-13H2,1H3. The minimum absolute atomic E-state index is 0.943. The van der Waals surface area contributed by atoms with Gasteiger partial charge in [-0.05, 0) is 64.7 Å². The molecule has 104 valence electrons. The Morgan fingerprint density at radius 3 is 2.39 bits per heavy atom. The number of rotatable bonds is 4. The zero-order chi connectivity index (χ0) is 12.4. The van der Waals surface area contributed by atoms with Crippen LogP contribution in [0.1, 0.15) is 38.5 Å². The topological polar surface area (TPSA) is 9.72 Å². The first kappa shape index (κ1) is 12.9. The van der Waals surface area contributed by atoms with Crippen LogP contribution in [0.25, 0.3) is 0 Å². The maximum Gasteiger partial charge on any atom is 0.0509 e. The third-order valence-corrected chi connectivity index (χ3v) is 5.37. The average molecular weight is 251 g/mol. The predicted octanol–water partition coefficient (Wildman–Crippen LogP) is 1.85. The van der Waals surface area contributed by atoms with E-state index < -0.39 is 0 Å². The normalized spacial score (nSPS) is 29.8. The molecule has 2 aliphatic heterocycles. The van der Waals surface area contributed by atoms with Gasteiger partial charge in [0.1, 0.15) is 0 Å². The maximum absolute atomic E-state index is 2.72. The zero-order valence-electron chi connectivity index (χ0n) is 12.0. The molecule has 0 aromatic rings. The van der Waals surface area contributed by atoms with Crippen molar-refractivity contribution >= 4 is 0 Å². The molecule has 0 aromatic carbocycles. The summed E-state index contributed by atoms with van der Waals surface area (Å²) in [6.07, 6.45) is 8.68. The quantitative estimate of drug-likeness (QED) is 0.755. The van der Waals surface area contributed by atoms with E-state index >= 15 is 0 Å². The summed E-state index contributed by atoms with van der Waals surface area (Å²) in [5.74, 6) is 0.999. The van der Waals surface area contributed by atoms with E-state index in [2.05, 4.69) is 21.7 Å². The molecule has 3 aliphatic rings. The van der Waals surface area contributed by atoms with Crippen LogP contribution in [0.4, 0.5) is 0 Å². The first-order valence-corrected chi connectivity index (χ1v) is 7.96. The Morgan fingerprint density at radius 1 is 0.944 bits per heavy atom. The Kier molecular flexibility index (Phi) is 4.22. The molecule has 0 spiro atoms. The molecule has 0 radical (unpaired) electrons. The number of hydrogen-bond acceptors (Lipinski definition) is 3. The van der Waals surface area contributed by atoms with Gasteiger partial charge in [-0.25, -0.2) is 0 Å². The van der Waals surface area contributed by atoms with Gasteiger partial charge in [-0.1, -0.05) is 6.42 Å². The molecule has 1 aliphatic carbocycles. The molecule has 2 saturated heterocycles. The highest BCUT2D eigenvalue weighted by molar-refractivity contribution is 4.84. The molecule has 0 aromatic heterocycles. The molecular weight excluding hydrogens is 222 g/mol. The van der Waals surface area contributed by atoms with E-state index in [1.54, 1.807) is 0 Å². The van der Waals surface area contributed by atoms with Crippen LogP contribution in [0.15, 0.2) is 0 Å². The van der Waals surface area contributed by atoms with Crippen LogP contribution >= 0.6 is 0 Å². The summed E-state index contributed by atoms with van der Waals surface area (Å²) < 4.78 is 0. The number of likely N-dealkylation sites (tertiary alicyclic amines) is 1. The summed E-state index contributed by atoms with van der Waals surface area (Å²) in [7, 11) is 2.26. The van der Waals surface area contributed by atoms with E-state index in [1.165, 1.54) is 77.9 Å². The molecular formula is C15H29N3. The van der Waals surface area contributed by atoms with Gasteiger partial charge in [0.2, 0.25) is 0 Å². The van der Waals surface area contributed by atoms with Gasteiger partial charge < -0.3 is 4.90 Å². The minimum atomic E-state index is 0.943. The molecule has 0 bridgehead atoms. The van der Waals surface area contributed by atoms with Crippen molar-refractivity contribution in [3.63, 3.8) is 0 Å². The van der Waals surface area contributed by atoms with E-state index in [0.717, 1.165) is 12.0 Å². The maximum atomic E-state index is 2.72. The summed E-state index contributed by atoms with van der Waals surface area (Å²) in [6.45, 7) is 7.90. The molecule has 0 amide bonds. The monoisotopic (exact) mass is 251 g/mol. The molecule has 3 rings (SSSR count). The van der Waals surface area contributed by atoms with E-state index in [1.807, 2.05) is 0 Å². The van der Waals surface area contributed by atoms with E-state index in [0.29, 0.717) is 0 Å². The molecule has 3 nitrogen and oxygen atoms in total. The second kappa shape index (κ2) is 5.89. The lowest BCUT2D eigenvalue weighted by Crippen LogP contribution is -2.39. The lowest BCUT2D eigenvalue weighted by molar-refractivity contribution is 0.125. The Morgan fingerprint density at radius 2 is 1.72 bits per heavy atom. The first-order valence-electron chi connectivity index (χ1n) is 7.96. The number of piperidine rings is 1. The molecule has 0 atom stereocenters. The highest BCUT2D eigenvalue weighted by Gasteiger charge is 2.30. The van der Waals surface area contributed by atoms with Gasteiger partial charge in [0.15, 0.2) is 0 Å². The van der Waals surface area contributed by atoms with Crippen molar-refractivity contribution in [1.82, 2.24) is 14.7 Å². The summed E-state index contributed by atoms with van der Waals surface area (Å²) in [6, 6.07) is 0.943. The molecule has 18 heavy (non-hydrogen) atoms. The van der Waals surface area contributed by atoms with Crippen LogP contribution in [-0.4, -0.2) is 67.2 Å². The smallest absolute Gasteiger partial charge is 0.0509 e. The van der Waals surface area contributed by atoms with Gasteiger partial charge in [-0.2, -0.15) is 0 Å². The molecule has 0 unspecified atom stereocenters. The summed E-state index contributed by atoms with van der Waals surface area (Å²) in [5.41, 5.74) is 0. The van der Waals surface area contributed by atoms with Crippen molar-refractivity contribution in [2.24, 2.45) is 5.92 Å². The SMILES string of the molecule is CN1CCC(CCN2CCN(C3CCC3)C2)CC1. The Bertz CT molecular complexity index is 256. The van der Waals surface area contributed by atoms with Crippen molar-refractivity contribution in [1.29, 1.82) is 0 Å². The third kappa shape index (κ3) is 3.06. The molecule has 1 saturated carbocycles. The molecule has 3 heteroatoms. The van der Waals surface area contributed by atoms with Crippen molar-refractivity contribution in [2.75, 3.05) is 46.4 Å². The van der Waals surface area contributed by atoms with Crippen molar-refractivity contribution < 1.29 is 0 Å². The summed E-state index contributed by atoms with van der Waals surface area (Å²) in [5, 5.41) is 0. The highest BCUT2D eigenvalue weighted by Crippen LogP contribution is 2.27. The first-order chi connectivity index (χ1) is 8.81. The predicted molar refractivity (Wildman–Crippen MR) is 75.6 cm³/mol. The summed E-state index contributed by atoms with van der Waals surface area (Å²) >= 11 is 0.